The van der Waals surface area contributed by atoms with Crippen LogP contribution < -0.4 is 5.56 Å². The first-order chi connectivity index (χ1) is 12.3. The number of alkyl halides is 2. The van der Waals surface area contributed by atoms with Gasteiger partial charge in [-0.05, 0) is 12.1 Å². The number of rotatable bonds is 2. The lowest BCUT2D eigenvalue weighted by atomic mass is 9.61. The van der Waals surface area contributed by atoms with E-state index in [1.54, 1.807) is 18.3 Å². The number of H-pyrrole nitrogens is 1. The van der Waals surface area contributed by atoms with Gasteiger partial charge in [0, 0.05) is 37.5 Å². The lowest BCUT2D eigenvalue weighted by molar-refractivity contribution is -0.204. The summed E-state index contributed by atoms with van der Waals surface area (Å²) in [7, 11) is 0. The van der Waals surface area contributed by atoms with Crippen LogP contribution in [0.4, 0.5) is 8.78 Å². The minimum absolute atomic E-state index is 0.0705. The van der Waals surface area contributed by atoms with Gasteiger partial charge in [0.05, 0.1) is 6.20 Å². The number of nitrogens with zero attached hydrogens (tertiary/aromatic N) is 6. The summed E-state index contributed by atoms with van der Waals surface area (Å²) in [5.74, 6) is -2.86. The van der Waals surface area contributed by atoms with E-state index >= 15 is 0 Å². The molecule has 1 aliphatic carbocycles. The Kier molecular flexibility index (Phi) is 2.77. The predicted molar refractivity (Wildman–Crippen MR) is 83.2 cm³/mol. The number of carbonyl (C=O) groups excluding carboxylic acids is 1. The van der Waals surface area contributed by atoms with Crippen LogP contribution in [0.15, 0.2) is 29.3 Å². The van der Waals surface area contributed by atoms with Crippen molar-refractivity contribution in [2.75, 3.05) is 13.1 Å². The average Bonchev–Trinajstić information content (AvgIpc) is 3.18. The number of fused-ring (bicyclic) bond motifs is 1. The number of amides is 1. The molecule has 1 spiro atoms. The molecule has 3 aromatic heterocycles. The summed E-state index contributed by atoms with van der Waals surface area (Å²) in [5.41, 5.74) is -0.338. The third-order valence-electron chi connectivity index (χ3n) is 4.93. The molecule has 134 valence electrons. The highest BCUT2D eigenvalue weighted by Crippen LogP contribution is 2.56. The Hall–Kier alpha value is -3.11. The van der Waals surface area contributed by atoms with Crippen molar-refractivity contribution in [2.45, 2.75) is 18.8 Å². The molecule has 5 rings (SSSR count). The molecule has 0 aromatic carbocycles. The second-order valence-electron chi connectivity index (χ2n) is 7.03. The minimum Gasteiger partial charge on any atom is -0.336 e. The zero-order chi connectivity index (χ0) is 18.1. The molecule has 1 N–H and O–H groups in total. The number of hydrogen-bond acceptors (Lipinski definition) is 5. The van der Waals surface area contributed by atoms with E-state index in [-0.39, 0.29) is 36.0 Å². The van der Waals surface area contributed by atoms with Crippen LogP contribution in [0, 0.1) is 5.41 Å². The second kappa shape index (κ2) is 4.74. The molecule has 1 saturated carbocycles. The number of carbonyl (C=O) groups is 1. The summed E-state index contributed by atoms with van der Waals surface area (Å²) in [6, 6.07) is 3.30. The quantitative estimate of drug-likeness (QED) is 0.715. The van der Waals surface area contributed by atoms with E-state index in [1.165, 1.54) is 20.3 Å². The Morgan fingerprint density at radius 3 is 2.77 bits per heavy atom. The minimum atomic E-state index is -2.60. The monoisotopic (exact) mass is 361 g/mol. The lowest BCUT2D eigenvalue weighted by Gasteiger charge is -2.58. The maximum absolute atomic E-state index is 13.0. The van der Waals surface area contributed by atoms with Crippen LogP contribution in [0.1, 0.15) is 23.3 Å². The Morgan fingerprint density at radius 2 is 2.04 bits per heavy atom. The van der Waals surface area contributed by atoms with Gasteiger partial charge in [-0.15, -0.1) is 10.2 Å². The van der Waals surface area contributed by atoms with E-state index in [0.717, 1.165) is 0 Å². The molecular formula is C15H13F2N7O2. The van der Waals surface area contributed by atoms with Gasteiger partial charge in [-0.25, -0.2) is 13.3 Å². The number of aromatic amines is 1. The van der Waals surface area contributed by atoms with E-state index < -0.39 is 11.3 Å². The van der Waals surface area contributed by atoms with Crippen molar-refractivity contribution in [3.05, 3.63) is 40.6 Å². The van der Waals surface area contributed by atoms with Gasteiger partial charge < -0.3 is 4.90 Å². The van der Waals surface area contributed by atoms with Crippen molar-refractivity contribution in [3.63, 3.8) is 0 Å². The molecule has 1 saturated heterocycles. The molecule has 3 aromatic rings. The van der Waals surface area contributed by atoms with Crippen LogP contribution in [-0.4, -0.2) is 59.4 Å². The standard InChI is InChI=1S/C15H13F2N7O2/c16-15(17)5-14(6-15)7-22(8-14)12(26)9-4-24(21-19-9)13-18-11(25)10-2-1-3-23(10)20-13/h1-4H,5-8H2,(H,18,20,25). The molecule has 26 heavy (non-hydrogen) atoms. The van der Waals surface area contributed by atoms with Gasteiger partial charge >= 0.3 is 0 Å². The van der Waals surface area contributed by atoms with Crippen molar-refractivity contribution >= 4 is 11.4 Å². The van der Waals surface area contributed by atoms with E-state index in [4.69, 9.17) is 0 Å². The molecule has 1 aliphatic heterocycles. The highest BCUT2D eigenvalue weighted by atomic mass is 19.3. The molecule has 0 atom stereocenters. The van der Waals surface area contributed by atoms with Crippen LogP contribution in [0.25, 0.3) is 11.5 Å². The summed E-state index contributed by atoms with van der Waals surface area (Å²) in [6.07, 6.45) is 2.64. The third kappa shape index (κ3) is 2.16. The largest absolute Gasteiger partial charge is 0.336 e. The second-order valence-corrected chi connectivity index (χ2v) is 7.03. The van der Waals surface area contributed by atoms with E-state index in [9.17, 15) is 18.4 Å². The fourth-order valence-corrected chi connectivity index (χ4v) is 3.84. The van der Waals surface area contributed by atoms with Crippen molar-refractivity contribution in [1.29, 1.82) is 0 Å². The van der Waals surface area contributed by atoms with Crippen molar-refractivity contribution in [2.24, 2.45) is 5.41 Å². The lowest BCUT2D eigenvalue weighted by Crippen LogP contribution is -2.66. The van der Waals surface area contributed by atoms with Gasteiger partial charge in [0.2, 0.25) is 5.92 Å². The maximum Gasteiger partial charge on any atom is 0.276 e. The van der Waals surface area contributed by atoms with Crippen LogP contribution in [0.5, 0.6) is 0 Å². The van der Waals surface area contributed by atoms with Gasteiger partial charge in [0.1, 0.15) is 5.52 Å². The van der Waals surface area contributed by atoms with E-state index in [0.29, 0.717) is 18.6 Å². The van der Waals surface area contributed by atoms with Gasteiger partial charge in [0.15, 0.2) is 5.69 Å². The van der Waals surface area contributed by atoms with E-state index in [1.807, 2.05) is 0 Å². The number of likely N-dealkylation sites (tertiary alicyclic amines) is 1. The Labute approximate surface area is 144 Å². The van der Waals surface area contributed by atoms with Crippen molar-refractivity contribution in [1.82, 2.24) is 34.5 Å². The number of halogens is 2. The molecule has 11 heteroatoms. The zero-order valence-electron chi connectivity index (χ0n) is 13.4. The van der Waals surface area contributed by atoms with Crippen LogP contribution in [0.3, 0.4) is 0 Å². The molecule has 0 unspecified atom stereocenters. The SMILES string of the molecule is O=C(c1cn(-c2nn3cccc3c(=O)[nH]2)nn1)N1CC2(C1)CC(F)(F)C2. The number of hydrogen-bond donors (Lipinski definition) is 1. The molecule has 0 bridgehead atoms. The van der Waals surface area contributed by atoms with Gasteiger partial charge in [-0.2, -0.15) is 4.68 Å². The summed E-state index contributed by atoms with van der Waals surface area (Å²) in [4.78, 5) is 28.5. The van der Waals surface area contributed by atoms with Gasteiger partial charge in [-0.1, -0.05) is 5.21 Å². The average molecular weight is 361 g/mol. The first-order valence-electron chi connectivity index (χ1n) is 8.02. The Morgan fingerprint density at radius 1 is 1.27 bits per heavy atom. The topological polar surface area (TPSA) is 101 Å². The molecule has 0 radical (unpaired) electrons. The van der Waals surface area contributed by atoms with Crippen LogP contribution >= 0.6 is 0 Å². The summed E-state index contributed by atoms with van der Waals surface area (Å²) >= 11 is 0. The summed E-state index contributed by atoms with van der Waals surface area (Å²) in [6.45, 7) is 0.609. The number of nitrogens with one attached hydrogen (secondary N) is 1. The summed E-state index contributed by atoms with van der Waals surface area (Å²) < 4.78 is 28.7. The molecule has 4 heterocycles. The molecule has 1 amide bonds. The first-order valence-corrected chi connectivity index (χ1v) is 8.02. The maximum atomic E-state index is 13.0. The highest BCUT2D eigenvalue weighted by Gasteiger charge is 2.62. The smallest absolute Gasteiger partial charge is 0.276 e. The highest BCUT2D eigenvalue weighted by molar-refractivity contribution is 5.92. The van der Waals surface area contributed by atoms with Gasteiger partial charge in [-0.3, -0.25) is 14.6 Å². The fourth-order valence-electron chi connectivity index (χ4n) is 3.84. The predicted octanol–water partition coefficient (Wildman–Crippen LogP) is 0.475. The summed E-state index contributed by atoms with van der Waals surface area (Å²) in [5, 5.41) is 11.8. The molecule has 2 aliphatic rings. The zero-order valence-corrected chi connectivity index (χ0v) is 13.4. The third-order valence-corrected chi connectivity index (χ3v) is 4.93. The van der Waals surface area contributed by atoms with E-state index in [2.05, 4.69) is 20.4 Å². The van der Waals surface area contributed by atoms with Gasteiger partial charge in [0.25, 0.3) is 17.4 Å². The molecule has 2 fully saturated rings. The number of aromatic nitrogens is 6. The Bertz CT molecular complexity index is 1080. The Balaban J connectivity index is 1.35. The first kappa shape index (κ1) is 15.2. The van der Waals surface area contributed by atoms with Crippen LogP contribution in [0.2, 0.25) is 0 Å². The van der Waals surface area contributed by atoms with Crippen molar-refractivity contribution < 1.29 is 13.6 Å². The molecular weight excluding hydrogens is 348 g/mol. The van der Waals surface area contributed by atoms with Crippen LogP contribution in [-0.2, 0) is 0 Å². The van der Waals surface area contributed by atoms with Crippen molar-refractivity contribution in [3.8, 4) is 5.95 Å². The fraction of sp³-hybridized carbons (Fsp3) is 0.400. The molecule has 9 nitrogen and oxygen atoms in total. The normalized spacial score (nSPS) is 20.2.